The monoisotopic (exact) mass is 382 g/mol. The Bertz CT molecular complexity index is 1090. The molecule has 28 heavy (non-hydrogen) atoms. The Kier molecular flexibility index (Phi) is 5.08. The van der Waals surface area contributed by atoms with Crippen LogP contribution >= 0.6 is 0 Å². The van der Waals surface area contributed by atoms with Gasteiger partial charge in [-0.3, -0.25) is 19.7 Å². The third-order valence-corrected chi connectivity index (χ3v) is 4.47. The Labute approximate surface area is 160 Å². The Morgan fingerprint density at radius 3 is 2.64 bits per heavy atom. The molecule has 2 heterocycles. The number of hydrogen-bond acceptors (Lipinski definition) is 6. The summed E-state index contributed by atoms with van der Waals surface area (Å²) in [5.41, 5.74) is -0.531. The van der Waals surface area contributed by atoms with Crippen LogP contribution in [0.3, 0.4) is 0 Å². The minimum Gasteiger partial charge on any atom is -0.467 e. The van der Waals surface area contributed by atoms with E-state index < -0.39 is 22.3 Å². The lowest BCUT2D eigenvalue weighted by Gasteiger charge is -2.23. The first-order chi connectivity index (χ1) is 13.3. The van der Waals surface area contributed by atoms with Crippen molar-refractivity contribution in [3.63, 3.8) is 0 Å². The van der Waals surface area contributed by atoms with Gasteiger partial charge in [0.05, 0.1) is 17.2 Å². The highest BCUT2D eigenvalue weighted by atomic mass is 16.6. The highest BCUT2D eigenvalue weighted by molar-refractivity contribution is 5.92. The summed E-state index contributed by atoms with van der Waals surface area (Å²) in [7, 11) is 1.53. The van der Waals surface area contributed by atoms with Crippen LogP contribution in [0.25, 0.3) is 5.69 Å². The number of furan rings is 1. The lowest BCUT2D eigenvalue weighted by atomic mass is 10.2. The van der Waals surface area contributed by atoms with Gasteiger partial charge in [-0.2, -0.15) is 5.10 Å². The maximum atomic E-state index is 12.9. The molecule has 0 spiro atoms. The molecule has 0 fully saturated rings. The van der Waals surface area contributed by atoms with Crippen LogP contribution in [0, 0.1) is 17.0 Å². The minimum atomic E-state index is -0.610. The van der Waals surface area contributed by atoms with E-state index in [9.17, 15) is 19.7 Å². The van der Waals surface area contributed by atoms with E-state index in [0.29, 0.717) is 11.5 Å². The number of carbonyl (C=O) groups is 1. The molecule has 0 radical (unpaired) electrons. The second-order valence-electron chi connectivity index (χ2n) is 6.26. The third-order valence-electron chi connectivity index (χ3n) is 4.47. The van der Waals surface area contributed by atoms with Crippen LogP contribution in [0.4, 0.5) is 5.69 Å². The molecule has 9 heteroatoms. The van der Waals surface area contributed by atoms with E-state index >= 15 is 0 Å². The van der Waals surface area contributed by atoms with E-state index in [0.717, 1.165) is 0 Å². The van der Waals surface area contributed by atoms with E-state index in [4.69, 9.17) is 4.42 Å². The lowest BCUT2D eigenvalue weighted by molar-refractivity contribution is -0.384. The predicted molar refractivity (Wildman–Crippen MR) is 100 cm³/mol. The predicted octanol–water partition coefficient (Wildman–Crippen LogP) is 2.88. The van der Waals surface area contributed by atoms with Gasteiger partial charge in [-0.1, -0.05) is 12.1 Å². The van der Waals surface area contributed by atoms with Crippen molar-refractivity contribution in [1.29, 1.82) is 0 Å². The first kappa shape index (κ1) is 19.0. The fraction of sp³-hybridized carbons (Fsp3) is 0.211. The van der Waals surface area contributed by atoms with Gasteiger partial charge >= 0.3 is 0 Å². The number of nitro groups is 1. The summed E-state index contributed by atoms with van der Waals surface area (Å²) in [5.74, 6) is -0.0526. The first-order valence-corrected chi connectivity index (χ1v) is 8.46. The topological polar surface area (TPSA) is 111 Å². The number of nitrogens with zero attached hydrogens (tertiary/aromatic N) is 4. The van der Waals surface area contributed by atoms with Crippen LogP contribution in [0.1, 0.15) is 34.9 Å². The molecule has 0 bridgehead atoms. The molecule has 0 aliphatic heterocycles. The van der Waals surface area contributed by atoms with Gasteiger partial charge in [0.1, 0.15) is 11.4 Å². The van der Waals surface area contributed by atoms with Crippen molar-refractivity contribution < 1.29 is 14.1 Å². The average Bonchev–Trinajstić information content (AvgIpc) is 3.21. The van der Waals surface area contributed by atoms with Crippen molar-refractivity contribution in [3.8, 4) is 5.69 Å². The fourth-order valence-electron chi connectivity index (χ4n) is 2.80. The molecule has 144 valence electrons. The maximum absolute atomic E-state index is 12.9. The zero-order valence-electron chi connectivity index (χ0n) is 15.5. The van der Waals surface area contributed by atoms with E-state index in [1.807, 2.05) is 0 Å². The molecule has 1 unspecified atom stereocenters. The third kappa shape index (κ3) is 3.41. The molecule has 0 saturated carbocycles. The van der Waals surface area contributed by atoms with Crippen LogP contribution in [0.2, 0.25) is 0 Å². The number of rotatable bonds is 5. The number of aromatic nitrogens is 2. The Morgan fingerprint density at radius 2 is 2.00 bits per heavy atom. The number of hydrogen-bond donors (Lipinski definition) is 0. The zero-order valence-corrected chi connectivity index (χ0v) is 15.5. The van der Waals surface area contributed by atoms with Crippen LogP contribution in [-0.2, 0) is 0 Å². The van der Waals surface area contributed by atoms with Crippen molar-refractivity contribution in [2.75, 3.05) is 7.05 Å². The molecule has 0 aliphatic rings. The summed E-state index contributed by atoms with van der Waals surface area (Å²) in [5, 5.41) is 15.5. The number of benzene rings is 1. The van der Waals surface area contributed by atoms with Crippen molar-refractivity contribution in [2.45, 2.75) is 19.9 Å². The number of aryl methyl sites for hydroxylation is 1. The van der Waals surface area contributed by atoms with Crippen LogP contribution in [-0.4, -0.2) is 32.6 Å². The van der Waals surface area contributed by atoms with E-state index in [-0.39, 0.29) is 17.1 Å². The van der Waals surface area contributed by atoms with Crippen LogP contribution < -0.4 is 5.43 Å². The summed E-state index contributed by atoms with van der Waals surface area (Å²) in [6.45, 7) is 3.35. The van der Waals surface area contributed by atoms with E-state index in [2.05, 4.69) is 5.10 Å². The highest BCUT2D eigenvalue weighted by Gasteiger charge is 2.26. The Morgan fingerprint density at radius 1 is 1.29 bits per heavy atom. The van der Waals surface area contributed by atoms with Crippen molar-refractivity contribution >= 4 is 11.6 Å². The molecule has 1 amide bonds. The molecule has 1 atom stereocenters. The second-order valence-corrected chi connectivity index (χ2v) is 6.26. The number of nitro benzene ring substituents is 1. The Balaban J connectivity index is 2.07. The summed E-state index contributed by atoms with van der Waals surface area (Å²) in [6.07, 6.45) is 1.50. The average molecular weight is 382 g/mol. The smallest absolute Gasteiger partial charge is 0.294 e. The van der Waals surface area contributed by atoms with Gasteiger partial charge in [-0.25, -0.2) is 4.68 Å². The highest BCUT2D eigenvalue weighted by Crippen LogP contribution is 2.23. The molecule has 3 rings (SSSR count). The summed E-state index contributed by atoms with van der Waals surface area (Å²) in [6, 6.07) is 10.2. The first-order valence-electron chi connectivity index (χ1n) is 8.46. The Hall–Kier alpha value is -3.75. The van der Waals surface area contributed by atoms with Gasteiger partial charge in [0.25, 0.3) is 11.6 Å². The van der Waals surface area contributed by atoms with Crippen molar-refractivity contribution in [2.24, 2.45) is 0 Å². The lowest BCUT2D eigenvalue weighted by Crippen LogP contribution is -2.35. The molecule has 0 aliphatic carbocycles. The van der Waals surface area contributed by atoms with Gasteiger partial charge < -0.3 is 9.32 Å². The molecule has 0 N–H and O–H groups in total. The molecule has 2 aromatic heterocycles. The van der Waals surface area contributed by atoms with Crippen molar-refractivity contribution in [1.82, 2.24) is 14.7 Å². The number of amides is 1. The standard InChI is InChI=1S/C19H18N4O5/c1-12-11-16(24)18(19(25)21(3)13(2)17-9-6-10-28-17)20-22(12)14-7-4-5-8-15(14)23(26)27/h4-11,13H,1-3H3. The van der Waals surface area contributed by atoms with Gasteiger partial charge in [-0.15, -0.1) is 0 Å². The number of carbonyl (C=O) groups excluding carboxylic acids is 1. The molecular weight excluding hydrogens is 364 g/mol. The van der Waals surface area contributed by atoms with Gasteiger partial charge in [0.2, 0.25) is 5.43 Å². The normalized spacial score (nSPS) is 11.8. The molecular formula is C19H18N4O5. The van der Waals surface area contributed by atoms with Crippen LogP contribution in [0.5, 0.6) is 0 Å². The van der Waals surface area contributed by atoms with Crippen molar-refractivity contribution in [3.05, 3.63) is 86.2 Å². The summed E-state index contributed by atoms with van der Waals surface area (Å²) in [4.78, 5) is 37.4. The second kappa shape index (κ2) is 7.47. The zero-order chi connectivity index (χ0) is 20.4. The van der Waals surface area contributed by atoms with Gasteiger partial charge in [0.15, 0.2) is 5.69 Å². The molecule has 3 aromatic rings. The molecule has 0 saturated heterocycles. The van der Waals surface area contributed by atoms with Gasteiger partial charge in [-0.05, 0) is 32.0 Å². The number of para-hydroxylation sites is 2. The quantitative estimate of drug-likeness (QED) is 0.495. The maximum Gasteiger partial charge on any atom is 0.294 e. The van der Waals surface area contributed by atoms with E-state index in [1.54, 1.807) is 32.0 Å². The SMILES string of the molecule is Cc1cc(=O)c(C(=O)N(C)C(C)c2ccco2)nn1-c1ccccc1[N+](=O)[O-]. The molecule has 1 aromatic carbocycles. The van der Waals surface area contributed by atoms with Crippen LogP contribution in [0.15, 0.2) is 57.9 Å². The largest absolute Gasteiger partial charge is 0.467 e. The van der Waals surface area contributed by atoms with E-state index in [1.165, 1.54) is 47.2 Å². The minimum absolute atomic E-state index is 0.167. The summed E-state index contributed by atoms with van der Waals surface area (Å²) >= 11 is 0. The molecule has 9 nitrogen and oxygen atoms in total. The van der Waals surface area contributed by atoms with Gasteiger partial charge in [0, 0.05) is 24.9 Å². The summed E-state index contributed by atoms with van der Waals surface area (Å²) < 4.78 is 6.55. The fourth-order valence-corrected chi connectivity index (χ4v) is 2.80.